The molecule has 1 saturated heterocycles. The van der Waals surface area contributed by atoms with Crippen LogP contribution in [0.5, 0.6) is 0 Å². The Morgan fingerprint density at radius 1 is 1.20 bits per heavy atom. The monoisotopic (exact) mass is 360 g/mol. The molecule has 1 heterocycles. The molecule has 0 spiro atoms. The zero-order chi connectivity index (χ0) is 17.8. The van der Waals surface area contributed by atoms with Crippen LogP contribution in [0.2, 0.25) is 5.02 Å². The molecule has 0 bridgehead atoms. The number of nitrogens with zero attached hydrogens (tertiary/aromatic N) is 1. The minimum atomic E-state index is -0.392. The highest BCUT2D eigenvalue weighted by molar-refractivity contribution is 6.33. The predicted octanol–water partition coefficient (Wildman–Crippen LogP) is 3.19. The molecular formula is C19H18ClFN2O2. The molecule has 1 aliphatic rings. The Labute approximate surface area is 150 Å². The van der Waals surface area contributed by atoms with Gasteiger partial charge in [0.2, 0.25) is 11.8 Å². The van der Waals surface area contributed by atoms with Crippen molar-refractivity contribution in [3.8, 4) is 0 Å². The third kappa shape index (κ3) is 4.17. The average Bonchev–Trinajstić information content (AvgIpc) is 2.99. The summed E-state index contributed by atoms with van der Waals surface area (Å²) >= 11 is 6.14. The number of nitrogens with one attached hydrogen (secondary N) is 1. The standard InChI is InChI=1S/C19H18ClFN2O2/c20-16-3-1-2-4-17(16)23-12-14(11-18(23)24)19(25)22-10-9-13-5-7-15(21)8-6-13/h1-8,14H,9-12H2,(H,22,25)/t14-/m0/s1. The first-order chi connectivity index (χ1) is 12.0. The van der Waals surface area contributed by atoms with E-state index in [0.29, 0.717) is 30.2 Å². The summed E-state index contributed by atoms with van der Waals surface area (Å²) in [5.74, 6) is -0.925. The normalized spacial score (nSPS) is 17.0. The molecule has 3 rings (SSSR count). The molecule has 6 heteroatoms. The molecule has 4 nitrogen and oxygen atoms in total. The first kappa shape index (κ1) is 17.4. The van der Waals surface area contributed by atoms with Crippen molar-refractivity contribution in [3.63, 3.8) is 0 Å². The summed E-state index contributed by atoms with van der Waals surface area (Å²) in [6, 6.07) is 13.3. The van der Waals surface area contributed by atoms with Crippen LogP contribution in [-0.4, -0.2) is 24.9 Å². The first-order valence-electron chi connectivity index (χ1n) is 8.11. The van der Waals surface area contributed by atoms with Gasteiger partial charge in [-0.3, -0.25) is 9.59 Å². The van der Waals surface area contributed by atoms with E-state index in [4.69, 9.17) is 11.6 Å². The van der Waals surface area contributed by atoms with E-state index in [1.807, 2.05) is 6.07 Å². The summed E-state index contributed by atoms with van der Waals surface area (Å²) in [6.07, 6.45) is 0.786. The molecule has 2 amide bonds. The highest BCUT2D eigenvalue weighted by Gasteiger charge is 2.35. The molecule has 130 valence electrons. The molecule has 1 atom stereocenters. The van der Waals surface area contributed by atoms with Gasteiger partial charge in [-0.15, -0.1) is 0 Å². The molecule has 1 N–H and O–H groups in total. The number of carbonyl (C=O) groups is 2. The van der Waals surface area contributed by atoms with Gasteiger partial charge in [0.1, 0.15) is 5.82 Å². The van der Waals surface area contributed by atoms with Gasteiger partial charge in [0.25, 0.3) is 0 Å². The summed E-state index contributed by atoms with van der Waals surface area (Å²) in [6.45, 7) is 0.770. The summed E-state index contributed by atoms with van der Waals surface area (Å²) in [7, 11) is 0. The van der Waals surface area contributed by atoms with Gasteiger partial charge < -0.3 is 10.2 Å². The highest BCUT2D eigenvalue weighted by Crippen LogP contribution is 2.30. The van der Waals surface area contributed by atoms with Crippen molar-refractivity contribution in [2.45, 2.75) is 12.8 Å². The second-order valence-electron chi connectivity index (χ2n) is 6.02. The second kappa shape index (κ2) is 7.66. The van der Waals surface area contributed by atoms with Gasteiger partial charge in [-0.1, -0.05) is 35.9 Å². The Morgan fingerprint density at radius 2 is 1.92 bits per heavy atom. The van der Waals surface area contributed by atoms with Crippen molar-refractivity contribution in [1.29, 1.82) is 0 Å². The van der Waals surface area contributed by atoms with E-state index in [2.05, 4.69) is 5.32 Å². The smallest absolute Gasteiger partial charge is 0.227 e. The van der Waals surface area contributed by atoms with E-state index < -0.39 is 5.92 Å². The van der Waals surface area contributed by atoms with E-state index >= 15 is 0 Å². The van der Waals surface area contributed by atoms with Crippen molar-refractivity contribution in [3.05, 3.63) is 64.9 Å². The third-order valence-corrected chi connectivity index (χ3v) is 4.58. The van der Waals surface area contributed by atoms with E-state index in [1.165, 1.54) is 12.1 Å². The van der Waals surface area contributed by atoms with Crippen LogP contribution in [0.3, 0.4) is 0 Å². The maximum atomic E-state index is 12.9. The molecule has 0 unspecified atom stereocenters. The summed E-state index contributed by atoms with van der Waals surface area (Å²) in [4.78, 5) is 26.1. The minimum absolute atomic E-state index is 0.105. The number of hydrogen-bond donors (Lipinski definition) is 1. The van der Waals surface area contributed by atoms with E-state index in [0.717, 1.165) is 5.56 Å². The van der Waals surface area contributed by atoms with Gasteiger partial charge >= 0.3 is 0 Å². The van der Waals surface area contributed by atoms with Gasteiger partial charge in [-0.05, 0) is 36.2 Å². The summed E-state index contributed by atoms with van der Waals surface area (Å²) in [5, 5.41) is 3.34. The summed E-state index contributed by atoms with van der Waals surface area (Å²) in [5.41, 5.74) is 1.58. The van der Waals surface area contributed by atoms with Crippen LogP contribution in [0.25, 0.3) is 0 Å². The molecule has 1 fully saturated rings. The molecule has 0 aromatic heterocycles. The van der Waals surface area contributed by atoms with Crippen LogP contribution < -0.4 is 10.2 Å². The number of para-hydroxylation sites is 1. The van der Waals surface area contributed by atoms with Crippen molar-refractivity contribution in [2.75, 3.05) is 18.0 Å². The lowest BCUT2D eigenvalue weighted by atomic mass is 10.1. The molecule has 0 saturated carbocycles. The molecule has 0 aliphatic carbocycles. The number of anilines is 1. The van der Waals surface area contributed by atoms with Gasteiger partial charge in [0.05, 0.1) is 16.6 Å². The highest BCUT2D eigenvalue weighted by atomic mass is 35.5. The first-order valence-corrected chi connectivity index (χ1v) is 8.49. The van der Waals surface area contributed by atoms with Gasteiger partial charge in [-0.25, -0.2) is 4.39 Å². The van der Waals surface area contributed by atoms with Gasteiger partial charge in [0, 0.05) is 19.5 Å². The van der Waals surface area contributed by atoms with Crippen LogP contribution in [0.15, 0.2) is 48.5 Å². The topological polar surface area (TPSA) is 49.4 Å². The van der Waals surface area contributed by atoms with Crippen molar-refractivity contribution in [2.24, 2.45) is 5.92 Å². The lowest BCUT2D eigenvalue weighted by Gasteiger charge is -2.18. The predicted molar refractivity (Wildman–Crippen MR) is 95.0 cm³/mol. The van der Waals surface area contributed by atoms with Crippen molar-refractivity contribution in [1.82, 2.24) is 5.32 Å². The fourth-order valence-electron chi connectivity index (χ4n) is 2.91. The lowest BCUT2D eigenvalue weighted by Crippen LogP contribution is -2.34. The number of hydrogen-bond acceptors (Lipinski definition) is 2. The Morgan fingerprint density at radius 3 is 2.64 bits per heavy atom. The number of carbonyl (C=O) groups excluding carboxylic acids is 2. The Balaban J connectivity index is 1.54. The van der Waals surface area contributed by atoms with Gasteiger partial charge in [-0.2, -0.15) is 0 Å². The van der Waals surface area contributed by atoms with Crippen LogP contribution in [0, 0.1) is 11.7 Å². The van der Waals surface area contributed by atoms with Crippen LogP contribution >= 0.6 is 11.6 Å². The molecule has 0 radical (unpaired) electrons. The van der Waals surface area contributed by atoms with Crippen molar-refractivity contribution >= 4 is 29.1 Å². The van der Waals surface area contributed by atoms with E-state index in [1.54, 1.807) is 35.2 Å². The molecule has 25 heavy (non-hydrogen) atoms. The molecule has 2 aromatic carbocycles. The molecular weight excluding hydrogens is 343 g/mol. The maximum Gasteiger partial charge on any atom is 0.227 e. The minimum Gasteiger partial charge on any atom is -0.355 e. The largest absolute Gasteiger partial charge is 0.355 e. The Bertz CT molecular complexity index is 779. The summed E-state index contributed by atoms with van der Waals surface area (Å²) < 4.78 is 12.9. The van der Waals surface area contributed by atoms with Crippen LogP contribution in [0.4, 0.5) is 10.1 Å². The van der Waals surface area contributed by atoms with Crippen LogP contribution in [0.1, 0.15) is 12.0 Å². The van der Waals surface area contributed by atoms with E-state index in [9.17, 15) is 14.0 Å². The zero-order valence-electron chi connectivity index (χ0n) is 13.5. The number of rotatable bonds is 5. The SMILES string of the molecule is O=C(NCCc1ccc(F)cc1)[C@H]1CC(=O)N(c2ccccc2Cl)C1. The quantitative estimate of drug-likeness (QED) is 0.890. The van der Waals surface area contributed by atoms with E-state index in [-0.39, 0.29) is 24.1 Å². The molecule has 2 aromatic rings. The Kier molecular flexibility index (Phi) is 5.34. The third-order valence-electron chi connectivity index (χ3n) is 4.27. The lowest BCUT2D eigenvalue weighted by molar-refractivity contribution is -0.126. The van der Waals surface area contributed by atoms with Crippen LogP contribution in [-0.2, 0) is 16.0 Å². The number of benzene rings is 2. The number of halogens is 2. The fourth-order valence-corrected chi connectivity index (χ4v) is 3.15. The van der Waals surface area contributed by atoms with Gasteiger partial charge in [0.15, 0.2) is 0 Å². The molecule has 1 aliphatic heterocycles. The zero-order valence-corrected chi connectivity index (χ0v) is 14.3. The fraction of sp³-hybridized carbons (Fsp3) is 0.263. The average molecular weight is 361 g/mol. The maximum absolute atomic E-state index is 12.9. The Hall–Kier alpha value is -2.40. The number of amides is 2. The second-order valence-corrected chi connectivity index (χ2v) is 6.43. The van der Waals surface area contributed by atoms with Crippen molar-refractivity contribution < 1.29 is 14.0 Å².